The van der Waals surface area contributed by atoms with Gasteiger partial charge in [-0.3, -0.25) is 9.69 Å². The molecule has 2 saturated heterocycles. The summed E-state index contributed by atoms with van der Waals surface area (Å²) in [5, 5.41) is 2.92. The van der Waals surface area contributed by atoms with Crippen LogP contribution in [0.25, 0.3) is 11.0 Å². The normalized spacial score (nSPS) is 21.7. The van der Waals surface area contributed by atoms with Crippen molar-refractivity contribution in [1.82, 2.24) is 19.0 Å². The zero-order valence-corrected chi connectivity index (χ0v) is 17.0. The second kappa shape index (κ2) is 7.85. The molecule has 0 aliphatic carbocycles. The van der Waals surface area contributed by atoms with Crippen molar-refractivity contribution < 1.29 is 13.9 Å². The number of aromatic nitrogens is 2. The number of carbonyl (C=O) groups excluding carboxylic acids is 1. The maximum Gasteiger partial charge on any atom is 0.287 e. The van der Waals surface area contributed by atoms with E-state index < -0.39 is 0 Å². The molecule has 1 spiro atoms. The van der Waals surface area contributed by atoms with Gasteiger partial charge in [0.15, 0.2) is 5.76 Å². The molecule has 1 N–H and O–H groups in total. The zero-order chi connectivity index (χ0) is 19.7. The fourth-order valence-electron chi connectivity index (χ4n) is 4.41. The fraction of sp³-hybridized carbons (Fsp3) is 0.476. The Morgan fingerprint density at radius 3 is 2.90 bits per heavy atom. The van der Waals surface area contributed by atoms with Crippen LogP contribution >= 0.6 is 11.7 Å². The molecule has 0 bridgehead atoms. The van der Waals surface area contributed by atoms with Crippen molar-refractivity contribution in [3.05, 3.63) is 47.9 Å². The molecule has 1 atom stereocenters. The minimum atomic E-state index is -0.179. The van der Waals surface area contributed by atoms with Crippen LogP contribution in [-0.2, 0) is 11.3 Å². The molecule has 0 saturated carbocycles. The lowest BCUT2D eigenvalue weighted by Crippen LogP contribution is -2.44. The molecule has 8 heteroatoms. The van der Waals surface area contributed by atoms with E-state index in [1.807, 2.05) is 0 Å². The van der Waals surface area contributed by atoms with Gasteiger partial charge in [0.25, 0.3) is 5.91 Å². The summed E-state index contributed by atoms with van der Waals surface area (Å²) >= 11 is 1.26. The number of furan rings is 1. The molecule has 2 aliphatic rings. The van der Waals surface area contributed by atoms with Crippen LogP contribution in [0.15, 0.2) is 41.0 Å². The number of carbonyl (C=O) groups is 1. The molecule has 1 unspecified atom stereocenters. The summed E-state index contributed by atoms with van der Waals surface area (Å²) in [7, 11) is 0. The molecule has 2 aromatic heterocycles. The molecular weight excluding hydrogens is 388 g/mol. The van der Waals surface area contributed by atoms with Crippen LogP contribution in [0.4, 0.5) is 0 Å². The summed E-state index contributed by atoms with van der Waals surface area (Å²) in [5.41, 5.74) is 3.21. The highest BCUT2D eigenvalue weighted by molar-refractivity contribution is 7.00. The number of fused-ring (bicyclic) bond motifs is 1. The van der Waals surface area contributed by atoms with Gasteiger partial charge >= 0.3 is 0 Å². The lowest BCUT2D eigenvalue weighted by atomic mass is 9.88. The molecule has 152 valence electrons. The van der Waals surface area contributed by atoms with Gasteiger partial charge in [0.05, 0.1) is 29.7 Å². The van der Waals surface area contributed by atoms with Gasteiger partial charge in [-0.2, -0.15) is 8.75 Å². The molecule has 1 amide bonds. The highest BCUT2D eigenvalue weighted by atomic mass is 32.1. The third kappa shape index (κ3) is 4.05. The minimum Gasteiger partial charge on any atom is -0.459 e. The summed E-state index contributed by atoms with van der Waals surface area (Å²) in [6.45, 7) is 3.52. The Bertz CT molecular complexity index is 979. The van der Waals surface area contributed by atoms with Crippen molar-refractivity contribution in [3.63, 3.8) is 0 Å². The second-order valence-corrected chi connectivity index (χ2v) is 8.54. The van der Waals surface area contributed by atoms with Gasteiger partial charge in [0, 0.05) is 26.2 Å². The van der Waals surface area contributed by atoms with Crippen molar-refractivity contribution in [2.45, 2.75) is 43.9 Å². The van der Waals surface area contributed by atoms with E-state index in [0.717, 1.165) is 56.4 Å². The highest BCUT2D eigenvalue weighted by Gasteiger charge is 2.42. The van der Waals surface area contributed by atoms with Gasteiger partial charge in [0.2, 0.25) is 0 Å². The van der Waals surface area contributed by atoms with Crippen molar-refractivity contribution >= 4 is 28.7 Å². The summed E-state index contributed by atoms with van der Waals surface area (Å²) in [6, 6.07) is 9.74. The molecule has 3 aromatic rings. The predicted molar refractivity (Wildman–Crippen MR) is 110 cm³/mol. The Morgan fingerprint density at radius 2 is 2.07 bits per heavy atom. The van der Waals surface area contributed by atoms with E-state index in [0.29, 0.717) is 12.3 Å². The SMILES string of the molecule is O=C(NCC1CCC2(CCN(Cc3ccc4nsnc4c3)CC2)O1)c1ccco1. The second-order valence-electron chi connectivity index (χ2n) is 8.01. The van der Waals surface area contributed by atoms with Gasteiger partial charge in [-0.1, -0.05) is 6.07 Å². The number of hydrogen-bond acceptors (Lipinski definition) is 7. The average Bonchev–Trinajstić information content (AvgIpc) is 3.49. The quantitative estimate of drug-likeness (QED) is 0.693. The largest absolute Gasteiger partial charge is 0.459 e. The maximum absolute atomic E-state index is 12.0. The Balaban J connectivity index is 1.11. The first-order valence-electron chi connectivity index (χ1n) is 10.1. The maximum atomic E-state index is 12.0. The zero-order valence-electron chi connectivity index (χ0n) is 16.2. The van der Waals surface area contributed by atoms with Gasteiger partial charge in [-0.15, -0.1) is 0 Å². The molecule has 0 radical (unpaired) electrons. The molecule has 4 heterocycles. The standard InChI is InChI=1S/C21H24N4O3S/c26-20(19-2-1-11-27-19)22-13-16-5-6-21(28-16)7-9-25(10-8-21)14-15-3-4-17-18(12-15)24-29-23-17/h1-4,11-12,16H,5-10,13-14H2,(H,22,26). The van der Waals surface area contributed by atoms with Crippen molar-refractivity contribution in [3.8, 4) is 0 Å². The monoisotopic (exact) mass is 412 g/mol. The Hall–Kier alpha value is -2.29. The van der Waals surface area contributed by atoms with E-state index in [4.69, 9.17) is 9.15 Å². The number of likely N-dealkylation sites (tertiary alicyclic amines) is 1. The molecule has 7 nitrogen and oxygen atoms in total. The summed E-state index contributed by atoms with van der Waals surface area (Å²) in [5.74, 6) is 0.166. The number of ether oxygens (including phenoxy) is 1. The lowest BCUT2D eigenvalue weighted by molar-refractivity contribution is -0.0764. The average molecular weight is 413 g/mol. The predicted octanol–water partition coefficient (Wildman–Crippen LogP) is 3.23. The highest BCUT2D eigenvalue weighted by Crippen LogP contribution is 2.39. The Labute approximate surface area is 173 Å². The number of amides is 1. The lowest BCUT2D eigenvalue weighted by Gasteiger charge is -2.39. The first-order chi connectivity index (χ1) is 14.2. The van der Waals surface area contributed by atoms with Crippen LogP contribution in [-0.4, -0.2) is 50.9 Å². The first kappa shape index (κ1) is 18.7. The Morgan fingerprint density at radius 1 is 1.21 bits per heavy atom. The number of benzene rings is 1. The molecule has 5 rings (SSSR count). The summed E-state index contributed by atoms with van der Waals surface area (Å²) < 4.78 is 20.2. The molecule has 2 fully saturated rings. The van der Waals surface area contributed by atoms with Gasteiger partial charge < -0.3 is 14.5 Å². The van der Waals surface area contributed by atoms with Crippen molar-refractivity contribution in [1.29, 1.82) is 0 Å². The van der Waals surface area contributed by atoms with E-state index in [1.54, 1.807) is 12.1 Å². The smallest absolute Gasteiger partial charge is 0.287 e. The third-order valence-electron chi connectivity index (χ3n) is 6.07. The van der Waals surface area contributed by atoms with Crippen LogP contribution in [0.5, 0.6) is 0 Å². The molecular formula is C21H24N4O3S. The third-order valence-corrected chi connectivity index (χ3v) is 6.62. The van der Waals surface area contributed by atoms with Crippen molar-refractivity contribution in [2.24, 2.45) is 0 Å². The van der Waals surface area contributed by atoms with Crippen LogP contribution in [0.3, 0.4) is 0 Å². The van der Waals surface area contributed by atoms with E-state index in [9.17, 15) is 4.79 Å². The van der Waals surface area contributed by atoms with E-state index in [-0.39, 0.29) is 17.6 Å². The van der Waals surface area contributed by atoms with Crippen LogP contribution in [0, 0.1) is 0 Å². The van der Waals surface area contributed by atoms with Gasteiger partial charge in [-0.25, -0.2) is 0 Å². The summed E-state index contributed by atoms with van der Waals surface area (Å²) in [6.07, 6.45) is 5.73. The number of nitrogens with zero attached hydrogens (tertiary/aromatic N) is 3. The number of rotatable bonds is 5. The van der Waals surface area contributed by atoms with E-state index in [1.165, 1.54) is 23.6 Å². The molecule has 29 heavy (non-hydrogen) atoms. The number of nitrogens with one attached hydrogen (secondary N) is 1. The first-order valence-corrected chi connectivity index (χ1v) is 10.9. The van der Waals surface area contributed by atoms with E-state index >= 15 is 0 Å². The topological polar surface area (TPSA) is 80.5 Å². The van der Waals surface area contributed by atoms with Gasteiger partial charge in [-0.05, 0) is 55.5 Å². The Kier molecular flexibility index (Phi) is 5.07. The summed E-state index contributed by atoms with van der Waals surface area (Å²) in [4.78, 5) is 14.5. The fourth-order valence-corrected chi connectivity index (χ4v) is 4.93. The minimum absolute atomic E-state index is 0.0284. The number of piperidine rings is 1. The number of hydrogen-bond donors (Lipinski definition) is 1. The van der Waals surface area contributed by atoms with Crippen molar-refractivity contribution in [2.75, 3.05) is 19.6 Å². The van der Waals surface area contributed by atoms with Crippen LogP contribution < -0.4 is 5.32 Å². The molecule has 1 aromatic carbocycles. The van der Waals surface area contributed by atoms with Gasteiger partial charge in [0.1, 0.15) is 11.0 Å². The van der Waals surface area contributed by atoms with Crippen LogP contribution in [0.1, 0.15) is 41.8 Å². The van der Waals surface area contributed by atoms with Crippen LogP contribution in [0.2, 0.25) is 0 Å². The van der Waals surface area contributed by atoms with E-state index in [2.05, 4.69) is 37.2 Å². The molecule has 2 aliphatic heterocycles.